The number of amides is 3. The van der Waals surface area contributed by atoms with Crippen molar-refractivity contribution in [2.45, 2.75) is 74.9 Å². The third-order valence-electron chi connectivity index (χ3n) is 10.8. The van der Waals surface area contributed by atoms with E-state index >= 15 is 0 Å². The first-order chi connectivity index (χ1) is 26.2. The molecule has 3 amide bonds. The van der Waals surface area contributed by atoms with E-state index < -0.39 is 24.3 Å². The number of rotatable bonds is 13. The minimum atomic E-state index is -1.16. The van der Waals surface area contributed by atoms with Gasteiger partial charge in [0.1, 0.15) is 23.7 Å². The number of nitrogens with one attached hydrogen (secondary N) is 5. The predicted octanol–water partition coefficient (Wildman–Crippen LogP) is 1.89. The molecule has 2 saturated heterocycles. The number of imidazole rings is 1. The van der Waals surface area contributed by atoms with Gasteiger partial charge in [0.2, 0.25) is 11.9 Å². The fourth-order valence-corrected chi connectivity index (χ4v) is 7.70. The van der Waals surface area contributed by atoms with Crippen LogP contribution in [0.2, 0.25) is 0 Å². The molecule has 3 aliphatic rings. The molecule has 54 heavy (non-hydrogen) atoms. The maximum atomic E-state index is 12.8. The molecule has 4 heterocycles. The Morgan fingerprint density at radius 2 is 1.61 bits per heavy atom. The molecule has 288 valence electrons. The number of aromatic nitrogens is 4. The number of anilines is 2. The van der Waals surface area contributed by atoms with Crippen molar-refractivity contribution in [3.8, 4) is 11.5 Å². The number of urea groups is 1. The van der Waals surface area contributed by atoms with Gasteiger partial charge >= 0.3 is 6.03 Å². The Bertz CT molecular complexity index is 1850. The summed E-state index contributed by atoms with van der Waals surface area (Å²) in [5, 5.41) is 38.0. The van der Waals surface area contributed by atoms with E-state index in [1.807, 2.05) is 53.4 Å². The van der Waals surface area contributed by atoms with E-state index in [0.29, 0.717) is 55.4 Å². The number of nitrogens with zero attached hydrogens (tertiary/aromatic N) is 5. The van der Waals surface area contributed by atoms with Gasteiger partial charge in [-0.05, 0) is 61.2 Å². The SMILES string of the molecule is CCC(=O)N[C@H]1C[C@@H](n2cnc3c(NCC(c4ccc(OC)cc4)c4ccc(OC)cc4)nc(N4CC[C@@H](NC(=O)N[C@@H]5CCNC5)C4)nc32)[C@H](O)[C@@H]1O. The second kappa shape index (κ2) is 16.4. The van der Waals surface area contributed by atoms with E-state index in [9.17, 15) is 19.8 Å². The van der Waals surface area contributed by atoms with Gasteiger partial charge in [-0.1, -0.05) is 31.2 Å². The number of aliphatic hydroxyl groups is 2. The monoisotopic (exact) mass is 742 g/mol. The number of methoxy groups -OCH3 is 2. The molecular weight excluding hydrogens is 692 g/mol. The molecule has 2 aromatic carbocycles. The highest BCUT2D eigenvalue weighted by atomic mass is 16.5. The zero-order chi connectivity index (χ0) is 37.8. The van der Waals surface area contributed by atoms with Crippen molar-refractivity contribution < 1.29 is 29.3 Å². The van der Waals surface area contributed by atoms with Gasteiger partial charge in [-0.15, -0.1) is 0 Å². The van der Waals surface area contributed by atoms with Crippen LogP contribution in [0.15, 0.2) is 54.9 Å². The van der Waals surface area contributed by atoms with Crippen LogP contribution < -0.4 is 41.0 Å². The van der Waals surface area contributed by atoms with Crippen LogP contribution in [0.3, 0.4) is 0 Å². The van der Waals surface area contributed by atoms with E-state index in [2.05, 4.69) is 26.6 Å². The summed E-state index contributed by atoms with van der Waals surface area (Å²) in [7, 11) is 3.28. The van der Waals surface area contributed by atoms with Crippen molar-refractivity contribution in [1.82, 2.24) is 40.8 Å². The molecule has 1 aliphatic carbocycles. The van der Waals surface area contributed by atoms with E-state index in [1.165, 1.54) is 0 Å². The number of fused-ring (bicyclic) bond motifs is 1. The van der Waals surface area contributed by atoms with Crippen LogP contribution in [-0.4, -0.2) is 119 Å². The Labute approximate surface area is 314 Å². The minimum absolute atomic E-state index is 0.0963. The van der Waals surface area contributed by atoms with E-state index in [4.69, 9.17) is 24.4 Å². The van der Waals surface area contributed by atoms with Crippen LogP contribution in [0.25, 0.3) is 11.2 Å². The zero-order valence-electron chi connectivity index (χ0n) is 30.9. The standard InChI is InChI=1S/C38H50N10O6/c1-4-31(49)44-29-17-30(34(51)33(29)50)48-21-41-32-35(40-19-28(22-5-9-26(53-2)10-6-22)23-7-11-27(54-3)12-8-23)45-37(46-36(32)48)47-16-14-25(20-47)43-38(52)42-24-13-15-39-18-24/h5-12,21,24-25,28-30,33-34,39,50-51H,4,13-20H2,1-3H3,(H,44,49)(H,40,45,46)(H2,42,43,52)/t24-,25-,29+,30-,33-,34+/m1/s1. The number of carbonyl (C=O) groups excluding carboxylic acids is 2. The molecule has 0 spiro atoms. The second-order valence-corrected chi connectivity index (χ2v) is 14.2. The van der Waals surface area contributed by atoms with Crippen molar-refractivity contribution in [3.63, 3.8) is 0 Å². The highest BCUT2D eigenvalue weighted by Gasteiger charge is 2.44. The highest BCUT2D eigenvalue weighted by molar-refractivity contribution is 5.85. The van der Waals surface area contributed by atoms with Crippen LogP contribution in [0.5, 0.6) is 11.5 Å². The van der Waals surface area contributed by atoms with Gasteiger partial charge in [-0.25, -0.2) is 9.78 Å². The molecule has 0 radical (unpaired) electrons. The maximum Gasteiger partial charge on any atom is 0.315 e. The number of hydrogen-bond acceptors (Lipinski definition) is 12. The van der Waals surface area contributed by atoms with E-state index in [1.54, 1.807) is 32.0 Å². The molecule has 0 bridgehead atoms. The van der Waals surface area contributed by atoms with Gasteiger partial charge in [-0.2, -0.15) is 9.97 Å². The summed E-state index contributed by atoms with van der Waals surface area (Å²) in [6, 6.07) is 14.5. The lowest BCUT2D eigenvalue weighted by molar-refractivity contribution is -0.122. The van der Waals surface area contributed by atoms with Crippen molar-refractivity contribution in [3.05, 3.63) is 66.0 Å². The quantitative estimate of drug-likeness (QED) is 0.105. The Morgan fingerprint density at radius 1 is 0.926 bits per heavy atom. The topological polar surface area (TPSA) is 200 Å². The van der Waals surface area contributed by atoms with Crippen LogP contribution in [0.1, 0.15) is 55.7 Å². The van der Waals surface area contributed by atoms with Crippen molar-refractivity contribution in [2.24, 2.45) is 0 Å². The molecule has 4 aromatic rings. The predicted molar refractivity (Wildman–Crippen MR) is 203 cm³/mol. The third-order valence-corrected chi connectivity index (χ3v) is 10.8. The van der Waals surface area contributed by atoms with Gasteiger partial charge < -0.3 is 55.7 Å². The summed E-state index contributed by atoms with van der Waals surface area (Å²) in [4.78, 5) is 41.8. The molecule has 1 saturated carbocycles. The lowest BCUT2D eigenvalue weighted by atomic mass is 9.91. The number of benzene rings is 2. The second-order valence-electron chi connectivity index (χ2n) is 14.2. The zero-order valence-corrected chi connectivity index (χ0v) is 30.9. The molecule has 7 rings (SSSR count). The van der Waals surface area contributed by atoms with Crippen LogP contribution in [-0.2, 0) is 4.79 Å². The molecule has 3 fully saturated rings. The molecule has 0 unspecified atom stereocenters. The number of ether oxygens (including phenoxy) is 2. The number of hydrogen-bond donors (Lipinski definition) is 7. The fraction of sp³-hybridized carbons (Fsp3) is 0.500. The average molecular weight is 743 g/mol. The summed E-state index contributed by atoms with van der Waals surface area (Å²) in [5.41, 5.74) is 3.11. The summed E-state index contributed by atoms with van der Waals surface area (Å²) in [6.07, 6.45) is 1.46. The smallest absolute Gasteiger partial charge is 0.315 e. The Hall–Kier alpha value is -5.19. The molecule has 2 aliphatic heterocycles. The van der Waals surface area contributed by atoms with Crippen LogP contribution >= 0.6 is 0 Å². The molecule has 16 heteroatoms. The highest BCUT2D eigenvalue weighted by Crippen LogP contribution is 2.36. The van der Waals surface area contributed by atoms with Gasteiger partial charge in [-0.3, -0.25) is 4.79 Å². The van der Waals surface area contributed by atoms with Crippen LogP contribution in [0.4, 0.5) is 16.6 Å². The van der Waals surface area contributed by atoms with Crippen LogP contribution in [0, 0.1) is 0 Å². The van der Waals surface area contributed by atoms with E-state index in [0.717, 1.165) is 42.1 Å². The van der Waals surface area contributed by atoms with Gasteiger partial charge in [0.05, 0.1) is 32.6 Å². The van der Waals surface area contributed by atoms with Crippen molar-refractivity contribution >= 4 is 34.9 Å². The molecule has 7 N–H and O–H groups in total. The van der Waals surface area contributed by atoms with Gasteiger partial charge in [0, 0.05) is 50.6 Å². The van der Waals surface area contributed by atoms with Gasteiger partial charge in [0.25, 0.3) is 0 Å². The summed E-state index contributed by atoms with van der Waals surface area (Å²) >= 11 is 0. The third kappa shape index (κ3) is 8.00. The first-order valence-electron chi connectivity index (χ1n) is 18.7. The average Bonchev–Trinajstić information content (AvgIpc) is 4.02. The minimum Gasteiger partial charge on any atom is -0.497 e. The Balaban J connectivity index is 1.19. The first kappa shape index (κ1) is 37.1. The Morgan fingerprint density at radius 3 is 2.24 bits per heavy atom. The lowest BCUT2D eigenvalue weighted by Gasteiger charge is -2.22. The maximum absolute atomic E-state index is 12.8. The van der Waals surface area contributed by atoms with Crippen molar-refractivity contribution in [2.75, 3.05) is 57.2 Å². The molecule has 2 aromatic heterocycles. The summed E-state index contributed by atoms with van der Waals surface area (Å²) in [6.45, 7) is 4.97. The lowest BCUT2D eigenvalue weighted by Crippen LogP contribution is -2.47. The van der Waals surface area contributed by atoms with Crippen molar-refractivity contribution in [1.29, 1.82) is 0 Å². The number of carbonyl (C=O) groups is 2. The number of aliphatic hydroxyl groups excluding tert-OH is 2. The van der Waals surface area contributed by atoms with E-state index in [-0.39, 0.29) is 36.4 Å². The largest absolute Gasteiger partial charge is 0.497 e. The summed E-state index contributed by atoms with van der Waals surface area (Å²) < 4.78 is 12.6. The first-order valence-corrected chi connectivity index (χ1v) is 18.7. The molecule has 6 atom stereocenters. The molecule has 16 nitrogen and oxygen atoms in total. The van der Waals surface area contributed by atoms with Gasteiger partial charge in [0.15, 0.2) is 17.0 Å². The Kier molecular flexibility index (Phi) is 11.3. The normalized spacial score (nSPS) is 23.9. The molecular formula is C38H50N10O6. The summed E-state index contributed by atoms with van der Waals surface area (Å²) in [5.74, 6) is 2.18. The fourth-order valence-electron chi connectivity index (χ4n) is 7.70.